The van der Waals surface area contributed by atoms with Crippen molar-refractivity contribution in [3.63, 3.8) is 0 Å². The third-order valence-electron chi connectivity index (χ3n) is 3.53. The summed E-state index contributed by atoms with van der Waals surface area (Å²) in [5.74, 6) is -0.109. The Morgan fingerprint density at radius 3 is 2.38 bits per heavy atom. The summed E-state index contributed by atoms with van der Waals surface area (Å²) in [7, 11) is 5.98. The Balaban J connectivity index is 2.38. The summed E-state index contributed by atoms with van der Waals surface area (Å²) in [6.07, 6.45) is 2.22. The van der Waals surface area contributed by atoms with Crippen LogP contribution in [0.2, 0.25) is 0 Å². The van der Waals surface area contributed by atoms with E-state index in [4.69, 9.17) is 0 Å². The van der Waals surface area contributed by atoms with Crippen LogP contribution in [0.3, 0.4) is 0 Å². The molecule has 1 saturated carbocycles. The van der Waals surface area contributed by atoms with Crippen LogP contribution in [0.25, 0.3) is 0 Å². The summed E-state index contributed by atoms with van der Waals surface area (Å²) < 4.78 is 13.8. The highest BCUT2D eigenvalue weighted by atomic mass is 19.1. The maximum absolute atomic E-state index is 13.8. The molecule has 88 valence electrons. The van der Waals surface area contributed by atoms with E-state index in [2.05, 4.69) is 10.2 Å². The molecule has 1 N–H and O–H groups in total. The molecule has 0 aliphatic heterocycles. The van der Waals surface area contributed by atoms with Gasteiger partial charge in [0.2, 0.25) is 0 Å². The van der Waals surface area contributed by atoms with Gasteiger partial charge in [0, 0.05) is 11.1 Å². The van der Waals surface area contributed by atoms with Crippen LogP contribution >= 0.6 is 0 Å². The van der Waals surface area contributed by atoms with Gasteiger partial charge < -0.3 is 10.2 Å². The van der Waals surface area contributed by atoms with Crippen molar-refractivity contribution in [2.45, 2.75) is 24.4 Å². The van der Waals surface area contributed by atoms with Crippen LogP contribution in [0.4, 0.5) is 4.39 Å². The summed E-state index contributed by atoms with van der Waals surface area (Å²) >= 11 is 0. The molecule has 1 unspecified atom stereocenters. The topological polar surface area (TPSA) is 15.3 Å². The molecule has 2 rings (SSSR count). The van der Waals surface area contributed by atoms with Crippen molar-refractivity contribution in [1.82, 2.24) is 10.2 Å². The van der Waals surface area contributed by atoms with E-state index < -0.39 is 0 Å². The summed E-state index contributed by atoms with van der Waals surface area (Å²) in [6.45, 7) is 0. The second-order valence-corrected chi connectivity index (χ2v) is 4.79. The molecule has 0 amide bonds. The number of nitrogens with one attached hydrogen (secondary N) is 1. The van der Waals surface area contributed by atoms with E-state index in [9.17, 15) is 4.39 Å². The Labute approximate surface area is 96.5 Å². The fourth-order valence-corrected chi connectivity index (χ4v) is 2.56. The number of likely N-dealkylation sites (N-methyl/N-ethyl adjacent to an activating group) is 2. The molecule has 1 aliphatic rings. The average Bonchev–Trinajstić information content (AvgIpc) is 3.02. The third kappa shape index (κ3) is 1.85. The Morgan fingerprint density at radius 2 is 1.94 bits per heavy atom. The van der Waals surface area contributed by atoms with Gasteiger partial charge in [-0.1, -0.05) is 18.2 Å². The summed E-state index contributed by atoms with van der Waals surface area (Å²) in [5.41, 5.74) is 0.852. The van der Waals surface area contributed by atoms with Gasteiger partial charge in [-0.05, 0) is 40.1 Å². The molecule has 16 heavy (non-hydrogen) atoms. The lowest BCUT2D eigenvalue weighted by molar-refractivity contribution is 0.218. The zero-order chi connectivity index (χ0) is 11.8. The van der Waals surface area contributed by atoms with Crippen LogP contribution < -0.4 is 5.32 Å². The van der Waals surface area contributed by atoms with Crippen LogP contribution in [0.15, 0.2) is 24.3 Å². The van der Waals surface area contributed by atoms with Gasteiger partial charge in [-0.2, -0.15) is 0 Å². The van der Waals surface area contributed by atoms with E-state index in [0.29, 0.717) is 0 Å². The number of hydrogen-bond donors (Lipinski definition) is 1. The first kappa shape index (κ1) is 11.6. The molecule has 1 aliphatic carbocycles. The van der Waals surface area contributed by atoms with Gasteiger partial charge in [0.15, 0.2) is 0 Å². The fraction of sp³-hybridized carbons (Fsp3) is 0.538. The number of rotatable bonds is 4. The number of hydrogen-bond acceptors (Lipinski definition) is 2. The van der Waals surface area contributed by atoms with Crippen molar-refractivity contribution in [2.24, 2.45) is 0 Å². The van der Waals surface area contributed by atoms with Crippen molar-refractivity contribution < 1.29 is 4.39 Å². The highest BCUT2D eigenvalue weighted by molar-refractivity contribution is 5.28. The van der Waals surface area contributed by atoms with Crippen LogP contribution in [0.5, 0.6) is 0 Å². The zero-order valence-corrected chi connectivity index (χ0v) is 10.1. The number of nitrogens with zero attached hydrogens (tertiary/aromatic N) is 1. The van der Waals surface area contributed by atoms with Gasteiger partial charge in [-0.25, -0.2) is 4.39 Å². The van der Waals surface area contributed by atoms with Gasteiger partial charge in [-0.15, -0.1) is 0 Å². The molecule has 1 aromatic rings. The number of halogens is 1. The quantitative estimate of drug-likeness (QED) is 0.840. The van der Waals surface area contributed by atoms with Crippen molar-refractivity contribution >= 4 is 0 Å². The molecule has 0 aromatic heterocycles. The smallest absolute Gasteiger partial charge is 0.128 e. The lowest BCUT2D eigenvalue weighted by Crippen LogP contribution is -2.42. The Kier molecular flexibility index (Phi) is 3.00. The van der Waals surface area contributed by atoms with E-state index in [0.717, 1.165) is 18.4 Å². The first-order valence-corrected chi connectivity index (χ1v) is 5.70. The second kappa shape index (κ2) is 4.15. The minimum Gasteiger partial charge on any atom is -0.313 e. The molecule has 2 nitrogen and oxygen atoms in total. The van der Waals surface area contributed by atoms with Gasteiger partial charge in [0.1, 0.15) is 5.82 Å². The Hall–Kier alpha value is -0.930. The minimum atomic E-state index is -0.109. The predicted octanol–water partition coefficient (Wildman–Crippen LogP) is 2.18. The molecular weight excluding hydrogens is 203 g/mol. The highest BCUT2D eigenvalue weighted by Gasteiger charge is 2.50. The maximum atomic E-state index is 13.8. The highest BCUT2D eigenvalue weighted by Crippen LogP contribution is 2.48. The van der Waals surface area contributed by atoms with Gasteiger partial charge >= 0.3 is 0 Å². The van der Waals surface area contributed by atoms with Gasteiger partial charge in [0.25, 0.3) is 0 Å². The molecule has 1 atom stereocenters. The molecule has 1 fully saturated rings. The molecule has 0 radical (unpaired) electrons. The van der Waals surface area contributed by atoms with Crippen LogP contribution in [-0.2, 0) is 0 Å². The first-order chi connectivity index (χ1) is 7.60. The molecule has 0 saturated heterocycles. The standard InChI is InChI=1S/C13H19FN2/c1-15-13(8-9-13)12(16(2)3)10-6-4-5-7-11(10)14/h4-7,12,15H,8-9H2,1-3H3. The van der Waals surface area contributed by atoms with E-state index in [1.807, 2.05) is 33.3 Å². The third-order valence-corrected chi connectivity index (χ3v) is 3.53. The van der Waals surface area contributed by atoms with Gasteiger partial charge in [0.05, 0.1) is 6.04 Å². The van der Waals surface area contributed by atoms with Crippen molar-refractivity contribution in [1.29, 1.82) is 0 Å². The largest absolute Gasteiger partial charge is 0.313 e. The lowest BCUT2D eigenvalue weighted by Gasteiger charge is -2.33. The summed E-state index contributed by atoms with van der Waals surface area (Å²) in [4.78, 5) is 2.10. The van der Waals surface area contributed by atoms with Crippen molar-refractivity contribution in [3.05, 3.63) is 35.6 Å². The molecule has 0 spiro atoms. The minimum absolute atomic E-state index is 0.0612. The maximum Gasteiger partial charge on any atom is 0.128 e. The Bertz CT molecular complexity index is 372. The summed E-state index contributed by atoms with van der Waals surface area (Å²) in [6, 6.07) is 7.18. The summed E-state index contributed by atoms with van der Waals surface area (Å²) in [5, 5.41) is 3.35. The average molecular weight is 222 g/mol. The molecule has 0 heterocycles. The van der Waals surface area contributed by atoms with Crippen LogP contribution in [0, 0.1) is 5.82 Å². The fourth-order valence-electron chi connectivity index (χ4n) is 2.56. The predicted molar refractivity (Wildman–Crippen MR) is 63.9 cm³/mol. The second-order valence-electron chi connectivity index (χ2n) is 4.79. The van der Waals surface area contributed by atoms with Crippen molar-refractivity contribution in [3.8, 4) is 0 Å². The number of benzene rings is 1. The van der Waals surface area contributed by atoms with E-state index in [-0.39, 0.29) is 17.4 Å². The van der Waals surface area contributed by atoms with Crippen LogP contribution in [0.1, 0.15) is 24.4 Å². The Morgan fingerprint density at radius 1 is 1.31 bits per heavy atom. The van der Waals surface area contributed by atoms with E-state index >= 15 is 0 Å². The zero-order valence-electron chi connectivity index (χ0n) is 10.1. The molecule has 3 heteroatoms. The molecule has 0 bridgehead atoms. The van der Waals surface area contributed by atoms with E-state index in [1.165, 1.54) is 6.07 Å². The van der Waals surface area contributed by atoms with Crippen LogP contribution in [-0.4, -0.2) is 31.6 Å². The first-order valence-electron chi connectivity index (χ1n) is 5.70. The molecule has 1 aromatic carbocycles. The monoisotopic (exact) mass is 222 g/mol. The normalized spacial score (nSPS) is 19.8. The van der Waals surface area contributed by atoms with Gasteiger partial charge in [-0.3, -0.25) is 0 Å². The van der Waals surface area contributed by atoms with Crippen molar-refractivity contribution in [2.75, 3.05) is 21.1 Å². The SMILES string of the molecule is CNC1(C(c2ccccc2F)N(C)C)CC1. The molecular formula is C13H19FN2. The lowest BCUT2D eigenvalue weighted by atomic mass is 9.95. The van der Waals surface area contributed by atoms with E-state index in [1.54, 1.807) is 6.07 Å².